The molecule has 0 radical (unpaired) electrons. The highest BCUT2D eigenvalue weighted by Gasteiger charge is 2.49. The molecule has 2 fully saturated rings. The molecular formula is C10H18N2O. The molecule has 1 N–H and O–H groups in total. The van der Waals surface area contributed by atoms with Gasteiger partial charge in [-0.25, -0.2) is 0 Å². The Morgan fingerprint density at radius 1 is 1.69 bits per heavy atom. The van der Waals surface area contributed by atoms with Crippen molar-refractivity contribution in [3.63, 3.8) is 0 Å². The van der Waals surface area contributed by atoms with Crippen molar-refractivity contribution in [1.82, 2.24) is 10.2 Å². The Morgan fingerprint density at radius 2 is 2.46 bits per heavy atom. The number of amides is 1. The molecule has 2 atom stereocenters. The van der Waals surface area contributed by atoms with Crippen LogP contribution in [0.5, 0.6) is 0 Å². The van der Waals surface area contributed by atoms with Crippen LogP contribution in [0.3, 0.4) is 0 Å². The Morgan fingerprint density at radius 3 is 3.15 bits per heavy atom. The van der Waals surface area contributed by atoms with Crippen LogP contribution in [0.25, 0.3) is 0 Å². The minimum absolute atomic E-state index is 0.0486. The van der Waals surface area contributed by atoms with Crippen molar-refractivity contribution in [3.8, 4) is 0 Å². The van der Waals surface area contributed by atoms with Gasteiger partial charge >= 0.3 is 0 Å². The highest BCUT2D eigenvalue weighted by Crippen LogP contribution is 2.33. The number of rotatable bonds is 2. The molecule has 2 rings (SSSR count). The molecule has 0 aliphatic carbocycles. The van der Waals surface area contributed by atoms with Crippen LogP contribution in [0.1, 0.15) is 39.5 Å². The second-order valence-electron chi connectivity index (χ2n) is 4.36. The van der Waals surface area contributed by atoms with E-state index in [-0.39, 0.29) is 17.6 Å². The summed E-state index contributed by atoms with van der Waals surface area (Å²) < 4.78 is 0. The van der Waals surface area contributed by atoms with Crippen LogP contribution in [0.2, 0.25) is 0 Å². The fourth-order valence-electron chi connectivity index (χ4n) is 2.74. The van der Waals surface area contributed by atoms with Gasteiger partial charge in [-0.3, -0.25) is 9.69 Å². The maximum absolute atomic E-state index is 11.6. The van der Waals surface area contributed by atoms with E-state index in [1.165, 1.54) is 6.42 Å². The van der Waals surface area contributed by atoms with Gasteiger partial charge in [0.25, 0.3) is 0 Å². The van der Waals surface area contributed by atoms with Crippen molar-refractivity contribution < 1.29 is 4.79 Å². The van der Waals surface area contributed by atoms with Gasteiger partial charge < -0.3 is 5.32 Å². The minimum Gasteiger partial charge on any atom is -0.337 e. The smallest absolute Gasteiger partial charge is 0.238 e. The van der Waals surface area contributed by atoms with E-state index < -0.39 is 0 Å². The Kier molecular flexibility index (Phi) is 2.06. The molecule has 2 heterocycles. The first kappa shape index (κ1) is 9.00. The van der Waals surface area contributed by atoms with Crippen LogP contribution in [0, 0.1) is 0 Å². The van der Waals surface area contributed by atoms with Crippen molar-refractivity contribution >= 4 is 5.91 Å². The molecule has 0 aromatic heterocycles. The molecule has 0 spiro atoms. The van der Waals surface area contributed by atoms with Gasteiger partial charge in [0, 0.05) is 6.54 Å². The fraction of sp³-hybridized carbons (Fsp3) is 0.900. The second kappa shape index (κ2) is 2.98. The van der Waals surface area contributed by atoms with Gasteiger partial charge in [-0.1, -0.05) is 13.3 Å². The van der Waals surface area contributed by atoms with E-state index >= 15 is 0 Å². The predicted octanol–water partition coefficient (Wildman–Crippen LogP) is 1.10. The molecule has 13 heavy (non-hydrogen) atoms. The molecule has 2 unspecified atom stereocenters. The van der Waals surface area contributed by atoms with Crippen LogP contribution in [-0.4, -0.2) is 29.1 Å². The zero-order valence-corrected chi connectivity index (χ0v) is 8.47. The molecule has 0 saturated carbocycles. The average Bonchev–Trinajstić information content (AvgIpc) is 2.58. The van der Waals surface area contributed by atoms with Crippen molar-refractivity contribution in [2.75, 3.05) is 6.54 Å². The van der Waals surface area contributed by atoms with Crippen LogP contribution >= 0.6 is 0 Å². The van der Waals surface area contributed by atoms with E-state index in [2.05, 4.69) is 24.1 Å². The molecule has 2 saturated heterocycles. The highest BCUT2D eigenvalue weighted by molar-refractivity contribution is 5.85. The largest absolute Gasteiger partial charge is 0.337 e. The minimum atomic E-state index is -0.0486. The fourth-order valence-corrected chi connectivity index (χ4v) is 2.74. The van der Waals surface area contributed by atoms with Crippen molar-refractivity contribution in [1.29, 1.82) is 0 Å². The Balaban J connectivity index is 2.17. The maximum atomic E-state index is 11.6. The standard InChI is InChI=1S/C10H18N2O/c1-3-6-10(2)11-9(13)8-5-4-7-12(8)10/h8H,3-7H2,1-2H3,(H,11,13). The van der Waals surface area contributed by atoms with Crippen LogP contribution in [-0.2, 0) is 4.79 Å². The van der Waals surface area contributed by atoms with Gasteiger partial charge in [0.1, 0.15) is 0 Å². The molecule has 2 aliphatic rings. The summed E-state index contributed by atoms with van der Waals surface area (Å²) in [7, 11) is 0. The van der Waals surface area contributed by atoms with Gasteiger partial charge in [-0.15, -0.1) is 0 Å². The SMILES string of the molecule is CCCC1(C)NC(=O)C2CCCN21. The van der Waals surface area contributed by atoms with Crippen LogP contribution in [0.4, 0.5) is 0 Å². The molecule has 0 bridgehead atoms. The monoisotopic (exact) mass is 182 g/mol. The summed E-state index contributed by atoms with van der Waals surface area (Å²) >= 11 is 0. The zero-order valence-electron chi connectivity index (χ0n) is 8.47. The van der Waals surface area contributed by atoms with E-state index in [1.54, 1.807) is 0 Å². The van der Waals surface area contributed by atoms with E-state index in [0.717, 1.165) is 25.8 Å². The molecule has 2 aliphatic heterocycles. The van der Waals surface area contributed by atoms with E-state index in [1.807, 2.05) is 0 Å². The van der Waals surface area contributed by atoms with Gasteiger partial charge in [-0.05, 0) is 26.2 Å². The molecule has 0 aromatic rings. The Labute approximate surface area is 79.5 Å². The number of nitrogens with one attached hydrogen (secondary N) is 1. The normalized spacial score (nSPS) is 39.2. The van der Waals surface area contributed by atoms with Gasteiger partial charge in [-0.2, -0.15) is 0 Å². The van der Waals surface area contributed by atoms with Crippen molar-refractivity contribution in [2.45, 2.75) is 51.2 Å². The van der Waals surface area contributed by atoms with Gasteiger partial charge in [0.15, 0.2) is 0 Å². The first-order valence-corrected chi connectivity index (χ1v) is 5.26. The lowest BCUT2D eigenvalue weighted by atomic mass is 10.1. The summed E-state index contributed by atoms with van der Waals surface area (Å²) in [4.78, 5) is 13.9. The zero-order chi connectivity index (χ0) is 9.47. The van der Waals surface area contributed by atoms with Crippen LogP contribution < -0.4 is 5.32 Å². The summed E-state index contributed by atoms with van der Waals surface area (Å²) in [6.45, 7) is 5.40. The molecule has 3 nitrogen and oxygen atoms in total. The molecule has 1 amide bonds. The molecule has 3 heteroatoms. The first-order chi connectivity index (χ1) is 6.17. The highest BCUT2D eigenvalue weighted by atomic mass is 16.2. The Hall–Kier alpha value is -0.570. The second-order valence-corrected chi connectivity index (χ2v) is 4.36. The van der Waals surface area contributed by atoms with E-state index in [9.17, 15) is 4.79 Å². The third-order valence-corrected chi connectivity index (χ3v) is 3.32. The summed E-state index contributed by atoms with van der Waals surface area (Å²) in [5.74, 6) is 0.244. The average molecular weight is 182 g/mol. The van der Waals surface area contributed by atoms with E-state index in [4.69, 9.17) is 0 Å². The number of carbonyl (C=O) groups excluding carboxylic acids is 1. The quantitative estimate of drug-likeness (QED) is 0.693. The number of carbonyl (C=O) groups is 1. The lowest BCUT2D eigenvalue weighted by Gasteiger charge is -2.33. The van der Waals surface area contributed by atoms with Crippen LogP contribution in [0.15, 0.2) is 0 Å². The number of fused-ring (bicyclic) bond motifs is 1. The van der Waals surface area contributed by atoms with Crippen molar-refractivity contribution in [3.05, 3.63) is 0 Å². The third kappa shape index (κ3) is 1.26. The summed E-state index contributed by atoms with van der Waals surface area (Å²) in [5, 5.41) is 3.12. The first-order valence-electron chi connectivity index (χ1n) is 5.26. The van der Waals surface area contributed by atoms with Crippen molar-refractivity contribution in [2.24, 2.45) is 0 Å². The molecule has 0 aromatic carbocycles. The summed E-state index contributed by atoms with van der Waals surface area (Å²) in [5.41, 5.74) is -0.0486. The van der Waals surface area contributed by atoms with Gasteiger partial charge in [0.05, 0.1) is 11.7 Å². The third-order valence-electron chi connectivity index (χ3n) is 3.32. The Bertz CT molecular complexity index is 229. The molecule has 74 valence electrons. The lowest BCUT2D eigenvalue weighted by molar-refractivity contribution is -0.121. The predicted molar refractivity (Wildman–Crippen MR) is 51.2 cm³/mol. The molecular weight excluding hydrogens is 164 g/mol. The van der Waals surface area contributed by atoms with E-state index in [0.29, 0.717) is 0 Å². The summed E-state index contributed by atoms with van der Waals surface area (Å²) in [6.07, 6.45) is 4.41. The van der Waals surface area contributed by atoms with Gasteiger partial charge in [0.2, 0.25) is 5.91 Å². The number of hydrogen-bond acceptors (Lipinski definition) is 2. The summed E-state index contributed by atoms with van der Waals surface area (Å²) in [6, 6.07) is 0.177. The number of hydrogen-bond donors (Lipinski definition) is 1. The number of nitrogens with zero attached hydrogens (tertiary/aromatic N) is 1. The topological polar surface area (TPSA) is 32.3 Å². The maximum Gasteiger partial charge on any atom is 0.238 e. The lowest BCUT2D eigenvalue weighted by Crippen LogP contribution is -2.49.